The van der Waals surface area contributed by atoms with Crippen LogP contribution in [0.5, 0.6) is 0 Å². The van der Waals surface area contributed by atoms with Crippen molar-refractivity contribution in [2.75, 3.05) is 13.2 Å². The van der Waals surface area contributed by atoms with Gasteiger partial charge in [0.15, 0.2) is 0 Å². The molecule has 1 aromatic rings. The van der Waals surface area contributed by atoms with Gasteiger partial charge in [-0.05, 0) is 31.0 Å². The summed E-state index contributed by atoms with van der Waals surface area (Å²) in [7, 11) is 0. The number of rotatable bonds is 5. The lowest BCUT2D eigenvalue weighted by Gasteiger charge is -2.14. The second kappa shape index (κ2) is 6.29. The first-order chi connectivity index (χ1) is 8.70. The molecule has 0 fully saturated rings. The third-order valence-corrected chi connectivity index (χ3v) is 2.52. The van der Waals surface area contributed by atoms with Crippen LogP contribution in [0.4, 0.5) is 22.0 Å². The van der Waals surface area contributed by atoms with E-state index in [1.54, 1.807) is 0 Å². The van der Waals surface area contributed by atoms with E-state index in [2.05, 4.69) is 4.74 Å². The zero-order valence-corrected chi connectivity index (χ0v) is 10.2. The number of halogens is 5. The molecule has 2 N–H and O–H groups in total. The molecule has 0 bridgehead atoms. The maximum absolute atomic E-state index is 13.5. The summed E-state index contributed by atoms with van der Waals surface area (Å²) in [5.74, 6) is -1.29. The van der Waals surface area contributed by atoms with Gasteiger partial charge in [0.05, 0.1) is 0 Å². The standard InChI is InChI=1S/C12H14F5NO/c1-7-4-10(14)8(5-9(7)13)11(18)2-3-19-6-12(15,16)17/h4-5,11H,2-3,6,18H2,1H3. The molecule has 19 heavy (non-hydrogen) atoms. The normalized spacial score (nSPS) is 13.6. The smallest absolute Gasteiger partial charge is 0.372 e. The summed E-state index contributed by atoms with van der Waals surface area (Å²) in [6.45, 7) is -0.264. The quantitative estimate of drug-likeness (QED) is 0.665. The van der Waals surface area contributed by atoms with Crippen LogP contribution < -0.4 is 5.73 Å². The van der Waals surface area contributed by atoms with Crippen LogP contribution in [-0.4, -0.2) is 19.4 Å². The predicted octanol–water partition coefficient (Wildman–Crippen LogP) is 3.24. The average molecular weight is 283 g/mol. The summed E-state index contributed by atoms with van der Waals surface area (Å²) < 4.78 is 66.5. The number of nitrogens with two attached hydrogens (primary N) is 1. The van der Waals surface area contributed by atoms with Gasteiger partial charge in [0.2, 0.25) is 0 Å². The molecule has 108 valence electrons. The molecule has 1 rings (SSSR count). The maximum Gasteiger partial charge on any atom is 0.411 e. The van der Waals surface area contributed by atoms with Gasteiger partial charge in [-0.3, -0.25) is 0 Å². The van der Waals surface area contributed by atoms with Gasteiger partial charge in [0.25, 0.3) is 0 Å². The molecule has 0 aliphatic heterocycles. The molecular formula is C12H14F5NO. The molecule has 0 spiro atoms. The van der Waals surface area contributed by atoms with E-state index in [1.807, 2.05) is 0 Å². The lowest BCUT2D eigenvalue weighted by molar-refractivity contribution is -0.174. The molecule has 0 aromatic heterocycles. The van der Waals surface area contributed by atoms with Crippen molar-refractivity contribution in [1.82, 2.24) is 0 Å². The average Bonchev–Trinajstić information content (AvgIpc) is 2.28. The van der Waals surface area contributed by atoms with E-state index in [0.29, 0.717) is 0 Å². The molecular weight excluding hydrogens is 269 g/mol. The van der Waals surface area contributed by atoms with Gasteiger partial charge in [-0.1, -0.05) is 0 Å². The van der Waals surface area contributed by atoms with Crippen LogP contribution in [0.15, 0.2) is 12.1 Å². The number of ether oxygens (including phenoxy) is 1. The fraction of sp³-hybridized carbons (Fsp3) is 0.500. The second-order valence-electron chi connectivity index (χ2n) is 4.19. The number of aryl methyl sites for hydroxylation is 1. The first kappa shape index (κ1) is 15.8. The Morgan fingerprint density at radius 3 is 2.42 bits per heavy atom. The molecule has 1 unspecified atom stereocenters. The van der Waals surface area contributed by atoms with Gasteiger partial charge in [0, 0.05) is 18.2 Å². The van der Waals surface area contributed by atoms with Crippen molar-refractivity contribution in [3.8, 4) is 0 Å². The summed E-state index contributed by atoms with van der Waals surface area (Å²) in [5, 5.41) is 0. The van der Waals surface area contributed by atoms with Crippen molar-refractivity contribution in [2.24, 2.45) is 5.73 Å². The first-order valence-electron chi connectivity index (χ1n) is 5.56. The Morgan fingerprint density at radius 1 is 1.21 bits per heavy atom. The minimum atomic E-state index is -4.41. The Labute approximate surface area is 107 Å². The molecule has 7 heteroatoms. The van der Waals surface area contributed by atoms with Crippen molar-refractivity contribution in [3.05, 3.63) is 34.9 Å². The van der Waals surface area contributed by atoms with Crippen LogP contribution in [0, 0.1) is 18.6 Å². The van der Waals surface area contributed by atoms with Crippen molar-refractivity contribution in [1.29, 1.82) is 0 Å². The van der Waals surface area contributed by atoms with Gasteiger partial charge in [-0.2, -0.15) is 13.2 Å². The Balaban J connectivity index is 2.54. The monoisotopic (exact) mass is 283 g/mol. The summed E-state index contributed by atoms with van der Waals surface area (Å²) in [6, 6.07) is 1.04. The minimum Gasteiger partial charge on any atom is -0.372 e. The molecule has 0 heterocycles. The molecule has 0 amide bonds. The van der Waals surface area contributed by atoms with Crippen LogP contribution in [0.1, 0.15) is 23.6 Å². The van der Waals surface area contributed by atoms with Crippen LogP contribution >= 0.6 is 0 Å². The fourth-order valence-corrected chi connectivity index (χ4v) is 1.50. The molecule has 1 atom stereocenters. The largest absolute Gasteiger partial charge is 0.411 e. The Bertz CT molecular complexity index is 433. The second-order valence-corrected chi connectivity index (χ2v) is 4.19. The van der Waals surface area contributed by atoms with Crippen molar-refractivity contribution in [2.45, 2.75) is 25.6 Å². The van der Waals surface area contributed by atoms with Gasteiger partial charge < -0.3 is 10.5 Å². The Hall–Kier alpha value is -1.21. The molecule has 0 saturated heterocycles. The lowest BCUT2D eigenvalue weighted by atomic mass is 10.0. The van der Waals surface area contributed by atoms with E-state index in [-0.39, 0.29) is 24.2 Å². The Kier molecular flexibility index (Phi) is 5.25. The van der Waals surface area contributed by atoms with Crippen molar-refractivity contribution >= 4 is 0 Å². The van der Waals surface area contributed by atoms with Gasteiger partial charge in [-0.25, -0.2) is 8.78 Å². The first-order valence-corrected chi connectivity index (χ1v) is 5.56. The summed E-state index contributed by atoms with van der Waals surface area (Å²) >= 11 is 0. The SMILES string of the molecule is Cc1cc(F)c(C(N)CCOCC(F)(F)F)cc1F. The highest BCUT2D eigenvalue weighted by atomic mass is 19.4. The van der Waals surface area contributed by atoms with Gasteiger partial charge in [0.1, 0.15) is 18.2 Å². The molecule has 0 radical (unpaired) electrons. The van der Waals surface area contributed by atoms with Gasteiger partial charge in [-0.15, -0.1) is 0 Å². The van der Waals surface area contributed by atoms with E-state index in [4.69, 9.17) is 5.73 Å². The van der Waals surface area contributed by atoms with E-state index >= 15 is 0 Å². The Morgan fingerprint density at radius 2 is 1.84 bits per heavy atom. The van der Waals surface area contributed by atoms with Crippen LogP contribution in [0.2, 0.25) is 0 Å². The van der Waals surface area contributed by atoms with Crippen LogP contribution in [0.3, 0.4) is 0 Å². The molecule has 0 aliphatic rings. The van der Waals surface area contributed by atoms with E-state index in [1.165, 1.54) is 6.92 Å². The lowest BCUT2D eigenvalue weighted by Crippen LogP contribution is -2.20. The third kappa shape index (κ3) is 5.12. The minimum absolute atomic E-state index is 0.0322. The third-order valence-electron chi connectivity index (χ3n) is 2.52. The molecule has 0 saturated carbocycles. The number of hydrogen-bond donors (Lipinski definition) is 1. The van der Waals surface area contributed by atoms with Crippen LogP contribution in [-0.2, 0) is 4.74 Å². The highest BCUT2D eigenvalue weighted by Gasteiger charge is 2.27. The summed E-state index contributed by atoms with van der Waals surface area (Å²) in [4.78, 5) is 0. The fourth-order valence-electron chi connectivity index (χ4n) is 1.50. The van der Waals surface area contributed by atoms with E-state index < -0.39 is 30.5 Å². The van der Waals surface area contributed by atoms with Gasteiger partial charge >= 0.3 is 6.18 Å². The highest BCUT2D eigenvalue weighted by molar-refractivity contribution is 5.27. The topological polar surface area (TPSA) is 35.2 Å². The van der Waals surface area contributed by atoms with E-state index in [9.17, 15) is 22.0 Å². The predicted molar refractivity (Wildman–Crippen MR) is 59.5 cm³/mol. The summed E-state index contributed by atoms with van der Waals surface area (Å²) in [6.07, 6.45) is -4.44. The van der Waals surface area contributed by atoms with Crippen molar-refractivity contribution < 1.29 is 26.7 Å². The molecule has 2 nitrogen and oxygen atoms in total. The number of hydrogen-bond acceptors (Lipinski definition) is 2. The summed E-state index contributed by atoms with van der Waals surface area (Å²) in [5.41, 5.74) is 5.67. The highest BCUT2D eigenvalue weighted by Crippen LogP contribution is 2.22. The zero-order chi connectivity index (χ0) is 14.6. The number of alkyl halides is 3. The van der Waals surface area contributed by atoms with Crippen LogP contribution in [0.25, 0.3) is 0 Å². The zero-order valence-electron chi connectivity index (χ0n) is 10.2. The number of benzene rings is 1. The maximum atomic E-state index is 13.5. The van der Waals surface area contributed by atoms with Crippen molar-refractivity contribution in [3.63, 3.8) is 0 Å². The molecule has 0 aliphatic carbocycles. The molecule has 1 aromatic carbocycles. The van der Waals surface area contributed by atoms with E-state index in [0.717, 1.165) is 12.1 Å².